The van der Waals surface area contributed by atoms with Gasteiger partial charge >= 0.3 is 18.0 Å². The highest BCUT2D eigenvalue weighted by Crippen LogP contribution is 2.44. The SMILES string of the molecule is C.C.C.C.COC/C=C/C(=O)N1CCN(c2nc(OC[C@@H]3CC(C)(F)CN3C)nc3c2CCN(c2c(C)c(C)cc4[nH]ccc24)C3)CC1.Cc1cc2[nH]ccc2c(N2CCc3c(nc(OC[C@@H]4CC(C)(F)CN4C)nc3N3CCN(C(=O)/C=C/CO)CC3)C2)c1C.S.S.[C-]#[N+]C[C@H]1CN(c2nc(OC[C@@H]3CC(C)(F)CN3C)nc3c2CCN(c2cccc4cccc(Cl)c24)C3)CCN1C(=O)/C=C/CF. The fourth-order valence-electron chi connectivity index (χ4n) is 20.8. The maximum absolute atomic E-state index is 14.7. The number of H-pyrrole nitrogens is 2. The van der Waals surface area contributed by atoms with Gasteiger partial charge in [-0.3, -0.25) is 29.1 Å². The van der Waals surface area contributed by atoms with Gasteiger partial charge in [0.25, 0.3) is 0 Å². The molecule has 0 aliphatic carbocycles. The minimum atomic E-state index is -1.28. The Balaban J connectivity index is 0.000000210. The zero-order valence-corrected chi connectivity index (χ0v) is 82.0. The van der Waals surface area contributed by atoms with Crippen LogP contribution in [0, 0.1) is 34.3 Å². The van der Waals surface area contributed by atoms with Crippen molar-refractivity contribution >= 4 is 123 Å². The van der Waals surface area contributed by atoms with Crippen molar-refractivity contribution in [3.8, 4) is 18.0 Å². The standard InChI is InChI=1S/C34H38ClF2N7O2.C33H44FN7O3.C32H42FN7O3.4CH4.2H2S/c1-34(37)17-24(41(3)22-34)21-46-33-39-28-20-42(29-10-5-8-23-7-4-9-27(35)31(23)29)14-12-26(28)32(40-33)43-15-16-44(25(19-43)18-38-2)30(45)11-6-13-36;1-22-17-27-25(8-10-35-27)30(23(22)2)41-11-9-26-28(19-41)36-32(44-20-24-18-33(3,34)21-38(24)4)37-31(26)40-14-12-39(13-15-40)29(42)7-6-16-43-5;1-21-16-26-24(7-9-34-26)29(22(21)2)40-10-8-25-27(18-40)35-31(43-19-23-17-32(3,33)20-37(23)4)36-30(25)39-13-11-38(12-14-39)28(42)6-5-15-41;;;;;;/h4-11,24-25H,12-22H2,1,3H3;6-8,10,17,24,35H,9,11-16,18-21H2,1-5H3;5-7,9,16,23,34,41H,8,10-15,17-20H2,1-4H3;4*1H4;2*1H2/b11-6+;7-6+;6-5+;;;;;;/t24-,25-,34?;24-,33?;23-,32?;;;;;;/m000....../s1. The fourth-order valence-corrected chi connectivity index (χ4v) is 21.1. The monoisotopic (exact) mass is 1980 g/mol. The van der Waals surface area contributed by atoms with E-state index in [9.17, 15) is 31.9 Å². The molecule has 6 fully saturated rings. The molecule has 9 aromatic rings. The van der Waals surface area contributed by atoms with E-state index >= 15 is 0 Å². The second-order valence-electron chi connectivity index (χ2n) is 37.7. The zero-order chi connectivity index (χ0) is 93.7. The number of methoxy groups -OCH3 is 1. The van der Waals surface area contributed by atoms with Crippen LogP contribution in [0.1, 0.15) is 126 Å². The minimum Gasteiger partial charge on any atom is -0.462 e. The predicted octanol–water partition coefficient (Wildman–Crippen LogP) is 14.8. The molecule has 3 amide bonds. The quantitative estimate of drug-likeness (QED) is 0.0305. The van der Waals surface area contributed by atoms with Crippen LogP contribution in [0.3, 0.4) is 0 Å². The molecule has 139 heavy (non-hydrogen) atoms. The Morgan fingerprint density at radius 1 is 0.525 bits per heavy atom. The lowest BCUT2D eigenvalue weighted by atomic mass is 9.99. The van der Waals surface area contributed by atoms with Crippen LogP contribution in [0.4, 0.5) is 52.1 Å². The second-order valence-corrected chi connectivity index (χ2v) is 38.1. The normalized spacial score (nSPS) is 22.1. The first-order valence-corrected chi connectivity index (χ1v) is 46.8. The summed E-state index contributed by atoms with van der Waals surface area (Å²) in [6.07, 6.45) is 16.1. The van der Waals surface area contributed by atoms with Gasteiger partial charge in [-0.2, -0.15) is 56.9 Å². The van der Waals surface area contributed by atoms with Crippen molar-refractivity contribution in [1.29, 1.82) is 0 Å². The van der Waals surface area contributed by atoms with Crippen molar-refractivity contribution in [2.24, 2.45) is 0 Å². The van der Waals surface area contributed by atoms with Crippen molar-refractivity contribution in [1.82, 2.24) is 69.3 Å². The molecule has 0 bridgehead atoms. The number of hydrogen-bond acceptors (Lipinski definition) is 23. The summed E-state index contributed by atoms with van der Waals surface area (Å²) in [5, 5.41) is 14.2. The average Bonchev–Trinajstić information content (AvgIpc) is 1.74. The van der Waals surface area contributed by atoms with Gasteiger partial charge in [0.15, 0.2) is 0 Å². The molecule has 18 rings (SSSR count). The van der Waals surface area contributed by atoms with Crippen LogP contribution in [0.15, 0.2) is 110 Å². The Hall–Kier alpha value is -10.7. The number of aromatic nitrogens is 8. The first-order chi connectivity index (χ1) is 63.9. The number of benzene rings is 4. The van der Waals surface area contributed by atoms with Crippen LogP contribution in [0.5, 0.6) is 18.0 Å². The van der Waals surface area contributed by atoms with Gasteiger partial charge in [0.05, 0.1) is 55.0 Å². The number of anilines is 6. The van der Waals surface area contributed by atoms with Gasteiger partial charge in [-0.15, -0.1) is 0 Å². The number of nitrogens with one attached hydrogen (secondary N) is 2. The van der Waals surface area contributed by atoms with E-state index in [1.165, 1.54) is 68.7 Å². The molecule has 3 unspecified atom stereocenters. The molecular formula is C103H144ClF4N21O8S2. The summed E-state index contributed by atoms with van der Waals surface area (Å²) in [6.45, 7) is 33.1. The number of aryl methyl sites for hydroxylation is 2. The summed E-state index contributed by atoms with van der Waals surface area (Å²) in [4.78, 5) is 103. The van der Waals surface area contributed by atoms with E-state index in [0.717, 1.165) is 105 Å². The van der Waals surface area contributed by atoms with Crippen LogP contribution in [0.2, 0.25) is 5.02 Å². The number of likely N-dealkylation sites (N-methyl/N-ethyl adjacent to an activating group) is 3. The van der Waals surface area contributed by atoms with Crippen LogP contribution in [-0.4, -0.2) is 319 Å². The van der Waals surface area contributed by atoms with Crippen molar-refractivity contribution in [3.05, 3.63) is 182 Å². The van der Waals surface area contributed by atoms with E-state index < -0.39 is 23.7 Å². The van der Waals surface area contributed by atoms with E-state index in [1.54, 1.807) is 49.8 Å². The number of carbonyl (C=O) groups excluding carboxylic acids is 3. The lowest BCUT2D eigenvalue weighted by Crippen LogP contribution is -2.56. The average molecular weight is 1980 g/mol. The van der Waals surface area contributed by atoms with E-state index in [2.05, 4.69) is 114 Å². The van der Waals surface area contributed by atoms with Crippen LogP contribution >= 0.6 is 38.6 Å². The molecule has 0 radical (unpaired) electrons. The zero-order valence-electron chi connectivity index (χ0n) is 79.2. The lowest BCUT2D eigenvalue weighted by Gasteiger charge is -2.41. The van der Waals surface area contributed by atoms with E-state index in [4.69, 9.17) is 72.1 Å². The Morgan fingerprint density at radius 3 is 1.34 bits per heavy atom. The van der Waals surface area contributed by atoms with E-state index in [1.807, 2.05) is 71.3 Å². The maximum Gasteiger partial charge on any atom is 0.318 e. The Morgan fingerprint density at radius 2 is 0.928 bits per heavy atom. The number of alkyl halides is 4. The molecule has 14 heterocycles. The molecule has 7 atom stereocenters. The number of allylic oxidation sites excluding steroid dienone is 1. The number of amides is 3. The number of aliphatic hydroxyl groups is 1. The molecule has 29 nitrogen and oxygen atoms in total. The highest BCUT2D eigenvalue weighted by molar-refractivity contribution is 7.59. The molecular weight excluding hydrogens is 1830 g/mol. The first kappa shape index (κ1) is 110. The number of carbonyl (C=O) groups is 3. The number of fused-ring (bicyclic) bond motifs is 6. The van der Waals surface area contributed by atoms with E-state index in [-0.39, 0.29) is 124 Å². The van der Waals surface area contributed by atoms with Gasteiger partial charge in [-0.05, 0) is 159 Å². The summed E-state index contributed by atoms with van der Waals surface area (Å²) in [5.41, 5.74) is 13.0. The first-order valence-electron chi connectivity index (χ1n) is 46.4. The minimum absolute atomic E-state index is 0. The molecule has 0 spiro atoms. The van der Waals surface area contributed by atoms with Gasteiger partial charge in [0, 0.05) is 247 Å². The molecule has 6 saturated heterocycles. The molecule has 3 N–H and O–H groups in total. The number of rotatable bonds is 23. The van der Waals surface area contributed by atoms with Gasteiger partial charge < -0.3 is 83.0 Å². The number of nitrogens with zero attached hydrogens (tertiary/aromatic N) is 19. The molecule has 4 aromatic carbocycles. The fraction of sp³-hybridized carbons (Fsp3) is 0.534. The third kappa shape index (κ3) is 25.1. The molecule has 0 saturated carbocycles. The van der Waals surface area contributed by atoms with Gasteiger partial charge in [-0.1, -0.05) is 77.7 Å². The lowest BCUT2D eigenvalue weighted by molar-refractivity contribution is -0.128. The highest BCUT2D eigenvalue weighted by Gasteiger charge is 2.44. The predicted molar refractivity (Wildman–Crippen MR) is 560 cm³/mol. The van der Waals surface area contributed by atoms with Crippen LogP contribution < -0.4 is 43.6 Å². The van der Waals surface area contributed by atoms with Crippen LogP contribution in [-0.2, 0) is 58.0 Å². The highest BCUT2D eigenvalue weighted by atomic mass is 35.5. The number of aliphatic hydroxyl groups excluding tert-OH is 1. The van der Waals surface area contributed by atoms with Crippen molar-refractivity contribution in [3.63, 3.8) is 0 Å². The Labute approximate surface area is 836 Å². The molecule has 36 heteroatoms. The number of ether oxygens (including phenoxy) is 4. The van der Waals surface area contributed by atoms with Gasteiger partial charge in [0.1, 0.15) is 67.0 Å². The number of aromatic amines is 2. The maximum atomic E-state index is 14.7. The third-order valence-corrected chi connectivity index (χ3v) is 28.1. The van der Waals surface area contributed by atoms with E-state index in [0.29, 0.717) is 180 Å². The molecule has 9 aliphatic rings. The van der Waals surface area contributed by atoms with Crippen molar-refractivity contribution in [2.75, 3.05) is 215 Å². The Bertz CT molecular complexity index is 5880. The smallest absolute Gasteiger partial charge is 0.318 e. The number of halogens is 5. The van der Waals surface area contributed by atoms with Crippen LogP contribution in [0.25, 0.3) is 37.4 Å². The second kappa shape index (κ2) is 47.7. The summed E-state index contributed by atoms with van der Waals surface area (Å²) >= 11 is 6.69. The largest absolute Gasteiger partial charge is 0.462 e. The summed E-state index contributed by atoms with van der Waals surface area (Å²) < 4.78 is 80.6. The molecule has 756 valence electrons. The molecule has 9 aliphatic heterocycles. The summed E-state index contributed by atoms with van der Waals surface area (Å²) in [7, 11) is 7.37. The summed E-state index contributed by atoms with van der Waals surface area (Å²) in [6, 6.07) is 21.0. The number of piperazine rings is 3. The van der Waals surface area contributed by atoms with Crippen molar-refractivity contribution < 1.29 is 56.0 Å². The van der Waals surface area contributed by atoms with Crippen molar-refractivity contribution in [2.45, 2.75) is 178 Å². The third-order valence-electron chi connectivity index (χ3n) is 27.7. The topological polar surface area (TPSA) is 261 Å². The molecule has 5 aromatic heterocycles. The Kier molecular flexibility index (Phi) is 37.8. The number of likely N-dealkylation sites (tertiary alicyclic amines) is 3. The summed E-state index contributed by atoms with van der Waals surface area (Å²) in [5.74, 6) is 2.08. The number of hydrogen-bond donors (Lipinski definition) is 3. The van der Waals surface area contributed by atoms with Gasteiger partial charge in [-0.25, -0.2) is 24.1 Å². The van der Waals surface area contributed by atoms with Gasteiger partial charge in [0.2, 0.25) is 24.3 Å².